The maximum Gasteiger partial charge on any atom is 0.272 e. The molecule has 1 saturated heterocycles. The Morgan fingerprint density at radius 3 is 3.00 bits per heavy atom. The van der Waals surface area contributed by atoms with Crippen molar-refractivity contribution in [3.05, 3.63) is 24.0 Å². The third-order valence-electron chi connectivity index (χ3n) is 2.76. The van der Waals surface area contributed by atoms with Crippen LogP contribution in [-0.2, 0) is 0 Å². The summed E-state index contributed by atoms with van der Waals surface area (Å²) in [5.41, 5.74) is 1.46. The number of pyridine rings is 1. The van der Waals surface area contributed by atoms with Crippen molar-refractivity contribution in [2.75, 3.05) is 38.0 Å². The molecule has 0 spiro atoms. The molecule has 1 aliphatic rings. The molecule has 0 aliphatic carbocycles. The van der Waals surface area contributed by atoms with Crippen molar-refractivity contribution in [3.63, 3.8) is 0 Å². The van der Waals surface area contributed by atoms with E-state index in [0.29, 0.717) is 5.69 Å². The van der Waals surface area contributed by atoms with Crippen molar-refractivity contribution >= 4 is 11.6 Å². The molecule has 1 fully saturated rings. The predicted octanol–water partition coefficient (Wildman–Crippen LogP) is 0.559. The Morgan fingerprint density at radius 1 is 1.53 bits per heavy atom. The molecule has 0 atom stereocenters. The molecule has 92 valence electrons. The number of hydrogen-bond donors (Lipinski definition) is 2. The minimum Gasteiger partial charge on any atom is -0.385 e. The summed E-state index contributed by atoms with van der Waals surface area (Å²) >= 11 is 0. The highest BCUT2D eigenvalue weighted by Crippen LogP contribution is 2.10. The highest BCUT2D eigenvalue weighted by atomic mass is 16.2. The molecular weight excluding hydrogens is 216 g/mol. The summed E-state index contributed by atoms with van der Waals surface area (Å²) in [4.78, 5) is 18.2. The van der Waals surface area contributed by atoms with Crippen molar-refractivity contribution in [2.24, 2.45) is 0 Å². The van der Waals surface area contributed by atoms with Gasteiger partial charge in [-0.2, -0.15) is 0 Å². The second-order valence-corrected chi connectivity index (χ2v) is 4.00. The zero-order valence-electron chi connectivity index (χ0n) is 10.1. The van der Waals surface area contributed by atoms with Crippen LogP contribution in [-0.4, -0.2) is 48.5 Å². The van der Waals surface area contributed by atoms with Gasteiger partial charge in [-0.1, -0.05) is 0 Å². The smallest absolute Gasteiger partial charge is 0.272 e. The summed E-state index contributed by atoms with van der Waals surface area (Å²) < 4.78 is 0. The molecule has 1 aromatic heterocycles. The molecule has 2 N–H and O–H groups in total. The molecule has 5 nitrogen and oxygen atoms in total. The van der Waals surface area contributed by atoms with Crippen LogP contribution in [0.4, 0.5) is 5.69 Å². The summed E-state index contributed by atoms with van der Waals surface area (Å²) in [5, 5.41) is 6.41. The predicted molar refractivity (Wildman–Crippen MR) is 67.2 cm³/mol. The number of anilines is 1. The highest BCUT2D eigenvalue weighted by Gasteiger charge is 2.18. The van der Waals surface area contributed by atoms with E-state index < -0.39 is 0 Å². The lowest BCUT2D eigenvalue weighted by Gasteiger charge is -2.27. The lowest BCUT2D eigenvalue weighted by molar-refractivity contribution is 0.0730. The molecule has 1 amide bonds. The number of nitrogens with zero attached hydrogens (tertiary/aromatic N) is 2. The van der Waals surface area contributed by atoms with Gasteiger partial charge in [0.1, 0.15) is 5.69 Å². The molecule has 0 unspecified atom stereocenters. The van der Waals surface area contributed by atoms with Gasteiger partial charge >= 0.3 is 0 Å². The molecule has 2 rings (SSSR count). The number of piperazine rings is 1. The Balaban J connectivity index is 2.09. The van der Waals surface area contributed by atoms with Crippen LogP contribution in [0.3, 0.4) is 0 Å². The van der Waals surface area contributed by atoms with Crippen LogP contribution in [0, 0.1) is 0 Å². The first kappa shape index (κ1) is 11.9. The molecule has 0 aromatic carbocycles. The second-order valence-electron chi connectivity index (χ2n) is 4.00. The zero-order chi connectivity index (χ0) is 12.1. The van der Waals surface area contributed by atoms with Gasteiger partial charge in [0.25, 0.3) is 5.91 Å². The van der Waals surface area contributed by atoms with E-state index in [9.17, 15) is 4.79 Å². The summed E-state index contributed by atoms with van der Waals surface area (Å²) in [6, 6.07) is 3.69. The fraction of sp³-hybridized carbons (Fsp3) is 0.500. The summed E-state index contributed by atoms with van der Waals surface area (Å²) in [6.45, 7) is 6.10. The number of carbonyl (C=O) groups excluding carboxylic acids is 1. The van der Waals surface area contributed by atoms with E-state index >= 15 is 0 Å². The molecule has 0 radical (unpaired) electrons. The fourth-order valence-electron chi connectivity index (χ4n) is 1.89. The largest absolute Gasteiger partial charge is 0.385 e. The number of hydrogen-bond acceptors (Lipinski definition) is 4. The Morgan fingerprint density at radius 2 is 2.29 bits per heavy atom. The van der Waals surface area contributed by atoms with Gasteiger partial charge in [0.2, 0.25) is 0 Å². The van der Waals surface area contributed by atoms with Crippen LogP contribution in [0.15, 0.2) is 18.3 Å². The average molecular weight is 234 g/mol. The minimum atomic E-state index is 0.0197. The lowest BCUT2D eigenvalue weighted by Crippen LogP contribution is -2.46. The zero-order valence-corrected chi connectivity index (χ0v) is 10.1. The molecule has 5 heteroatoms. The van der Waals surface area contributed by atoms with Gasteiger partial charge in [-0.05, 0) is 19.1 Å². The number of aromatic nitrogens is 1. The van der Waals surface area contributed by atoms with Gasteiger partial charge in [0, 0.05) is 44.6 Å². The van der Waals surface area contributed by atoms with E-state index in [2.05, 4.69) is 15.6 Å². The van der Waals surface area contributed by atoms with E-state index in [1.165, 1.54) is 0 Å². The molecule has 1 aliphatic heterocycles. The van der Waals surface area contributed by atoms with Crippen LogP contribution in [0.1, 0.15) is 17.4 Å². The number of amides is 1. The molecule has 17 heavy (non-hydrogen) atoms. The van der Waals surface area contributed by atoms with E-state index in [4.69, 9.17) is 0 Å². The van der Waals surface area contributed by atoms with Crippen molar-refractivity contribution in [2.45, 2.75) is 6.92 Å². The van der Waals surface area contributed by atoms with Crippen molar-refractivity contribution in [1.82, 2.24) is 15.2 Å². The van der Waals surface area contributed by atoms with Gasteiger partial charge in [-0.3, -0.25) is 9.78 Å². The summed E-state index contributed by atoms with van der Waals surface area (Å²) in [5.74, 6) is 0.0197. The van der Waals surface area contributed by atoms with Gasteiger partial charge < -0.3 is 15.5 Å². The van der Waals surface area contributed by atoms with Crippen LogP contribution in [0.5, 0.6) is 0 Å². The summed E-state index contributed by atoms with van der Waals surface area (Å²) in [6.07, 6.45) is 1.67. The average Bonchev–Trinajstić information content (AvgIpc) is 2.40. The van der Waals surface area contributed by atoms with E-state index in [0.717, 1.165) is 38.4 Å². The molecule has 2 heterocycles. The first-order chi connectivity index (χ1) is 8.31. The number of rotatable bonds is 3. The van der Waals surface area contributed by atoms with E-state index in [-0.39, 0.29) is 5.91 Å². The Labute approximate surface area is 101 Å². The van der Waals surface area contributed by atoms with E-state index in [1.807, 2.05) is 24.0 Å². The van der Waals surface area contributed by atoms with Gasteiger partial charge in [0.05, 0.1) is 0 Å². The fourth-order valence-corrected chi connectivity index (χ4v) is 1.89. The number of nitrogens with one attached hydrogen (secondary N) is 2. The summed E-state index contributed by atoms with van der Waals surface area (Å²) in [7, 11) is 0. The van der Waals surface area contributed by atoms with Crippen LogP contribution < -0.4 is 10.6 Å². The number of carbonyl (C=O) groups is 1. The first-order valence-corrected chi connectivity index (χ1v) is 6.01. The normalized spacial score (nSPS) is 15.7. The standard InChI is InChI=1S/C12H18N4O/c1-2-14-10-3-4-15-11(9-10)12(17)16-7-5-13-6-8-16/h3-4,9,13H,2,5-8H2,1H3,(H,14,15). The quantitative estimate of drug-likeness (QED) is 0.802. The Kier molecular flexibility index (Phi) is 3.93. The van der Waals surface area contributed by atoms with Gasteiger partial charge in [-0.25, -0.2) is 0 Å². The highest BCUT2D eigenvalue weighted by molar-refractivity contribution is 5.93. The monoisotopic (exact) mass is 234 g/mol. The third kappa shape index (κ3) is 2.94. The van der Waals surface area contributed by atoms with Crippen molar-refractivity contribution < 1.29 is 4.79 Å². The van der Waals surface area contributed by atoms with Gasteiger partial charge in [0.15, 0.2) is 0 Å². The maximum atomic E-state index is 12.2. The van der Waals surface area contributed by atoms with Crippen LogP contribution in [0.2, 0.25) is 0 Å². The molecule has 0 bridgehead atoms. The molecule has 0 saturated carbocycles. The SMILES string of the molecule is CCNc1ccnc(C(=O)N2CCNCC2)c1. The van der Waals surface area contributed by atoms with E-state index in [1.54, 1.807) is 6.20 Å². The van der Waals surface area contributed by atoms with Gasteiger partial charge in [-0.15, -0.1) is 0 Å². The molecule has 1 aromatic rings. The van der Waals surface area contributed by atoms with Crippen molar-refractivity contribution in [1.29, 1.82) is 0 Å². The van der Waals surface area contributed by atoms with Crippen LogP contribution >= 0.6 is 0 Å². The third-order valence-corrected chi connectivity index (χ3v) is 2.76. The second kappa shape index (κ2) is 5.63. The lowest BCUT2D eigenvalue weighted by atomic mass is 10.2. The first-order valence-electron chi connectivity index (χ1n) is 6.01. The molecular formula is C12H18N4O. The maximum absolute atomic E-state index is 12.2. The Hall–Kier alpha value is -1.62. The minimum absolute atomic E-state index is 0.0197. The van der Waals surface area contributed by atoms with Crippen molar-refractivity contribution in [3.8, 4) is 0 Å². The van der Waals surface area contributed by atoms with Crippen LogP contribution in [0.25, 0.3) is 0 Å². The topological polar surface area (TPSA) is 57.3 Å². The Bertz CT molecular complexity index is 388.